The lowest BCUT2D eigenvalue weighted by Gasteiger charge is -2.39. The number of furan rings is 1. The average Bonchev–Trinajstić information content (AvgIpc) is 3.66. The van der Waals surface area contributed by atoms with Crippen LogP contribution in [0.4, 0.5) is 11.4 Å². The third-order valence-corrected chi connectivity index (χ3v) is 11.7. The summed E-state index contributed by atoms with van der Waals surface area (Å²) in [7, 11) is 0. The minimum absolute atomic E-state index is 0.0769. The average molecular weight is 716 g/mol. The molecule has 9 aromatic rings. The Morgan fingerprint density at radius 1 is 0.446 bits per heavy atom. The van der Waals surface area contributed by atoms with Crippen LogP contribution in [0.25, 0.3) is 76.9 Å². The van der Waals surface area contributed by atoms with E-state index < -0.39 is 0 Å². The normalized spacial score (nSPS) is 16.1. The molecule has 0 N–H and O–H groups in total. The summed E-state index contributed by atoms with van der Waals surface area (Å²) in [6, 6.07) is 61.7. The van der Waals surface area contributed by atoms with E-state index in [1.807, 2.05) is 0 Å². The van der Waals surface area contributed by atoms with Crippen LogP contribution in [0.15, 0.2) is 222 Å². The maximum Gasteiger partial charge on any atom is 0.143 e. The van der Waals surface area contributed by atoms with Gasteiger partial charge in [-0.3, -0.25) is 0 Å². The van der Waals surface area contributed by atoms with Crippen LogP contribution >= 0.6 is 0 Å². The third-order valence-electron chi connectivity index (χ3n) is 11.7. The first kappa shape index (κ1) is 32.3. The number of rotatable bonds is 6. The quantitative estimate of drug-likeness (QED) is 0.170. The molecule has 0 spiro atoms. The summed E-state index contributed by atoms with van der Waals surface area (Å²) in [5.74, 6) is 0.216. The predicted molar refractivity (Wildman–Crippen MR) is 236 cm³/mol. The van der Waals surface area contributed by atoms with E-state index in [-0.39, 0.29) is 12.0 Å². The molecule has 2 unspecified atom stereocenters. The highest BCUT2D eigenvalue weighted by Crippen LogP contribution is 2.44. The molecule has 8 aromatic carbocycles. The lowest BCUT2D eigenvalue weighted by atomic mass is 9.82. The van der Waals surface area contributed by atoms with Crippen LogP contribution in [-0.4, -0.2) is 6.04 Å². The Labute approximate surface area is 326 Å². The number of anilines is 2. The van der Waals surface area contributed by atoms with Gasteiger partial charge in [0.25, 0.3) is 0 Å². The van der Waals surface area contributed by atoms with Gasteiger partial charge in [-0.1, -0.05) is 176 Å². The van der Waals surface area contributed by atoms with Gasteiger partial charge in [-0.25, -0.2) is 0 Å². The molecule has 56 heavy (non-hydrogen) atoms. The van der Waals surface area contributed by atoms with Crippen molar-refractivity contribution in [3.8, 4) is 33.4 Å². The maximum absolute atomic E-state index is 6.51. The van der Waals surface area contributed by atoms with Crippen LogP contribution in [0.5, 0.6) is 0 Å². The van der Waals surface area contributed by atoms with Gasteiger partial charge in [-0.2, -0.15) is 0 Å². The summed E-state index contributed by atoms with van der Waals surface area (Å²) in [6.45, 7) is 0. The smallest absolute Gasteiger partial charge is 0.143 e. The van der Waals surface area contributed by atoms with Crippen LogP contribution in [-0.2, 0) is 0 Å². The van der Waals surface area contributed by atoms with Crippen molar-refractivity contribution in [1.29, 1.82) is 0 Å². The van der Waals surface area contributed by atoms with Gasteiger partial charge in [0.2, 0.25) is 0 Å². The number of hydrogen-bond donors (Lipinski definition) is 0. The maximum atomic E-state index is 6.51. The van der Waals surface area contributed by atoms with Crippen LogP contribution in [0, 0.1) is 5.92 Å². The Morgan fingerprint density at radius 3 is 1.98 bits per heavy atom. The fourth-order valence-electron chi connectivity index (χ4n) is 8.90. The first-order valence-corrected chi connectivity index (χ1v) is 19.4. The zero-order chi connectivity index (χ0) is 37.0. The first-order chi connectivity index (χ1) is 27.8. The van der Waals surface area contributed by atoms with E-state index in [1.54, 1.807) is 0 Å². The summed E-state index contributed by atoms with van der Waals surface area (Å²) in [6.07, 6.45) is 15.7. The SMILES string of the molecule is C1=CC2=CC=CC(N(c3ccc(-c4ccc(-c5cccc6ccccc56)cc4)cc3)c3ccccc3-c3ccc4oc5c6ccccc6ccc5c4c3)C2C=C1. The molecular weight excluding hydrogens is 679 g/mol. The molecular formula is C54H37NO. The molecule has 2 aliphatic carbocycles. The van der Waals surface area contributed by atoms with Gasteiger partial charge >= 0.3 is 0 Å². The topological polar surface area (TPSA) is 16.4 Å². The molecule has 2 nitrogen and oxygen atoms in total. The van der Waals surface area contributed by atoms with Crippen LogP contribution < -0.4 is 4.90 Å². The van der Waals surface area contributed by atoms with Gasteiger partial charge in [0.1, 0.15) is 11.2 Å². The molecule has 0 fully saturated rings. The number of allylic oxidation sites excluding steroid dienone is 5. The van der Waals surface area contributed by atoms with E-state index in [2.05, 4.69) is 217 Å². The summed E-state index contributed by atoms with van der Waals surface area (Å²) < 4.78 is 6.51. The lowest BCUT2D eigenvalue weighted by Crippen LogP contribution is -2.37. The minimum Gasteiger partial charge on any atom is -0.455 e. The Morgan fingerprint density at radius 2 is 1.12 bits per heavy atom. The number of para-hydroxylation sites is 1. The molecule has 1 heterocycles. The number of fused-ring (bicyclic) bond motifs is 7. The summed E-state index contributed by atoms with van der Waals surface area (Å²) in [4.78, 5) is 2.53. The van der Waals surface area contributed by atoms with E-state index in [0.717, 1.165) is 44.3 Å². The molecule has 264 valence electrons. The molecule has 1 aromatic heterocycles. The molecule has 2 atom stereocenters. The molecule has 11 rings (SSSR count). The molecule has 0 amide bonds. The van der Waals surface area contributed by atoms with E-state index in [9.17, 15) is 0 Å². The second kappa shape index (κ2) is 13.3. The zero-order valence-corrected chi connectivity index (χ0v) is 30.7. The molecule has 0 saturated heterocycles. The van der Waals surface area contributed by atoms with Crippen molar-refractivity contribution < 1.29 is 4.42 Å². The van der Waals surface area contributed by atoms with Crippen LogP contribution in [0.2, 0.25) is 0 Å². The number of nitrogens with zero attached hydrogens (tertiary/aromatic N) is 1. The molecule has 0 radical (unpaired) electrons. The Hall–Kier alpha value is -7.16. The fourth-order valence-corrected chi connectivity index (χ4v) is 8.90. The monoisotopic (exact) mass is 715 g/mol. The van der Waals surface area contributed by atoms with E-state index in [0.29, 0.717) is 0 Å². The molecule has 0 saturated carbocycles. The number of benzene rings is 8. The minimum atomic E-state index is 0.0769. The van der Waals surface area contributed by atoms with Gasteiger partial charge < -0.3 is 9.32 Å². The summed E-state index contributed by atoms with van der Waals surface area (Å²) >= 11 is 0. The van der Waals surface area contributed by atoms with E-state index in [4.69, 9.17) is 4.42 Å². The van der Waals surface area contributed by atoms with Crippen LogP contribution in [0.3, 0.4) is 0 Å². The zero-order valence-electron chi connectivity index (χ0n) is 30.7. The Bertz CT molecular complexity index is 3080. The lowest BCUT2D eigenvalue weighted by molar-refractivity contribution is 0.640. The molecule has 2 aliphatic rings. The van der Waals surface area contributed by atoms with E-state index in [1.165, 1.54) is 49.5 Å². The van der Waals surface area contributed by atoms with Gasteiger partial charge in [-0.05, 0) is 85.9 Å². The third kappa shape index (κ3) is 5.41. The summed E-state index contributed by atoms with van der Waals surface area (Å²) in [5, 5.41) is 7.13. The predicted octanol–water partition coefficient (Wildman–Crippen LogP) is 14.6. The highest BCUT2D eigenvalue weighted by molar-refractivity contribution is 6.15. The van der Waals surface area contributed by atoms with Crippen molar-refractivity contribution in [1.82, 2.24) is 0 Å². The number of hydrogen-bond acceptors (Lipinski definition) is 2. The Kier molecular flexibility index (Phi) is 7.67. The Balaban J connectivity index is 0.999. The highest BCUT2D eigenvalue weighted by atomic mass is 16.3. The van der Waals surface area contributed by atoms with Crippen molar-refractivity contribution in [2.75, 3.05) is 4.90 Å². The van der Waals surface area contributed by atoms with Gasteiger partial charge in [0.15, 0.2) is 0 Å². The van der Waals surface area contributed by atoms with Crippen molar-refractivity contribution in [2.24, 2.45) is 5.92 Å². The second-order valence-corrected chi connectivity index (χ2v) is 14.8. The van der Waals surface area contributed by atoms with Crippen molar-refractivity contribution in [3.63, 3.8) is 0 Å². The van der Waals surface area contributed by atoms with E-state index >= 15 is 0 Å². The second-order valence-electron chi connectivity index (χ2n) is 14.8. The summed E-state index contributed by atoms with van der Waals surface area (Å²) in [5.41, 5.74) is 12.7. The van der Waals surface area contributed by atoms with Gasteiger partial charge in [0.05, 0.1) is 6.04 Å². The van der Waals surface area contributed by atoms with Gasteiger partial charge in [0, 0.05) is 39.0 Å². The van der Waals surface area contributed by atoms with Crippen molar-refractivity contribution in [2.45, 2.75) is 6.04 Å². The molecule has 0 bridgehead atoms. The first-order valence-electron chi connectivity index (χ1n) is 19.4. The van der Waals surface area contributed by atoms with Crippen molar-refractivity contribution >= 4 is 54.9 Å². The van der Waals surface area contributed by atoms with Crippen LogP contribution in [0.1, 0.15) is 0 Å². The highest BCUT2D eigenvalue weighted by Gasteiger charge is 2.31. The standard InChI is InChI=1S/C54H37NO/c1-4-16-44-38(11-1)14-9-20-45(44)41-25-23-36(24-26-41)37-27-31-43(32-28-37)55(52-22-10-15-39-12-2-5-17-46(39)52)51-21-8-7-18-47(51)42-30-34-53-50(35-42)49-33-29-40-13-3-6-19-48(40)54(49)56-53/h1-35,46,52H. The molecule has 2 heteroatoms. The largest absolute Gasteiger partial charge is 0.455 e. The van der Waals surface area contributed by atoms with Crippen molar-refractivity contribution in [3.05, 3.63) is 218 Å². The molecule has 0 aliphatic heterocycles. The fraction of sp³-hybridized carbons (Fsp3) is 0.0370. The van der Waals surface area contributed by atoms with Gasteiger partial charge in [-0.15, -0.1) is 0 Å².